The van der Waals surface area contributed by atoms with Gasteiger partial charge >= 0.3 is 0 Å². The van der Waals surface area contributed by atoms with Gasteiger partial charge in [-0.05, 0) is 30.0 Å². The van der Waals surface area contributed by atoms with Crippen LogP contribution in [0.1, 0.15) is 26.3 Å². The molecule has 0 aliphatic carbocycles. The van der Waals surface area contributed by atoms with Crippen LogP contribution in [-0.2, 0) is 11.3 Å². The molecule has 0 fully saturated rings. The smallest absolute Gasteiger partial charge is 0.219 e. The summed E-state index contributed by atoms with van der Waals surface area (Å²) in [5, 5.41) is 3.47. The number of carbonyl (C=O) groups excluding carboxylic acids is 1. The lowest BCUT2D eigenvalue weighted by atomic mass is 9.96. The Hall–Kier alpha value is -1.55. The molecule has 0 radical (unpaired) electrons. The Kier molecular flexibility index (Phi) is 6.52. The van der Waals surface area contributed by atoms with E-state index in [-0.39, 0.29) is 5.91 Å². The van der Waals surface area contributed by atoms with Crippen molar-refractivity contribution in [3.8, 4) is 0 Å². The maximum atomic E-state index is 11.4. The Morgan fingerprint density at radius 3 is 2.55 bits per heavy atom. The number of nitrogens with two attached hydrogens (primary N) is 1. The number of carbonyl (C=O) groups is 1. The number of hydrogen-bond acceptors (Lipinski definition) is 3. The molecule has 0 saturated carbocycles. The van der Waals surface area contributed by atoms with Crippen molar-refractivity contribution in [2.75, 3.05) is 25.5 Å². The molecule has 1 atom stereocenters. The van der Waals surface area contributed by atoms with Crippen LogP contribution < -0.4 is 11.1 Å². The van der Waals surface area contributed by atoms with E-state index >= 15 is 0 Å². The lowest BCUT2D eigenvalue weighted by Gasteiger charge is -2.22. The number of hydrogen-bond donors (Lipinski definition) is 2. The summed E-state index contributed by atoms with van der Waals surface area (Å²) in [6.45, 7) is 8.12. The standard InChI is InChI=1S/C16H27N3O/c1-12(2)15(9-17)10-18-16-8-6-5-7-14(16)11-19(4)13(3)20/h5-8,12,15,18H,9-11,17H2,1-4H3. The van der Waals surface area contributed by atoms with Crippen molar-refractivity contribution in [3.05, 3.63) is 29.8 Å². The SMILES string of the molecule is CC(=O)N(C)Cc1ccccc1NCC(CN)C(C)C. The second-order valence-electron chi connectivity index (χ2n) is 5.65. The summed E-state index contributed by atoms with van der Waals surface area (Å²) in [7, 11) is 1.82. The van der Waals surface area contributed by atoms with E-state index in [1.165, 1.54) is 0 Å². The molecule has 0 spiro atoms. The molecule has 3 N–H and O–H groups in total. The highest BCUT2D eigenvalue weighted by Gasteiger charge is 2.12. The second kappa shape index (κ2) is 7.90. The van der Waals surface area contributed by atoms with Crippen molar-refractivity contribution in [2.24, 2.45) is 17.6 Å². The lowest BCUT2D eigenvalue weighted by Crippen LogP contribution is -2.28. The van der Waals surface area contributed by atoms with Crippen LogP contribution >= 0.6 is 0 Å². The van der Waals surface area contributed by atoms with Crippen molar-refractivity contribution < 1.29 is 4.79 Å². The van der Waals surface area contributed by atoms with Gasteiger partial charge in [0.05, 0.1) is 0 Å². The Balaban J connectivity index is 2.72. The number of anilines is 1. The molecule has 20 heavy (non-hydrogen) atoms. The van der Waals surface area contributed by atoms with E-state index in [2.05, 4.69) is 31.3 Å². The molecule has 1 rings (SSSR count). The van der Waals surface area contributed by atoms with E-state index in [9.17, 15) is 4.79 Å². The van der Waals surface area contributed by atoms with Gasteiger partial charge in [-0.3, -0.25) is 4.79 Å². The minimum absolute atomic E-state index is 0.0711. The van der Waals surface area contributed by atoms with Crippen molar-refractivity contribution >= 4 is 11.6 Å². The molecule has 4 nitrogen and oxygen atoms in total. The highest BCUT2D eigenvalue weighted by molar-refractivity contribution is 5.73. The highest BCUT2D eigenvalue weighted by atomic mass is 16.2. The predicted molar refractivity (Wildman–Crippen MR) is 84.5 cm³/mol. The first-order chi connectivity index (χ1) is 9.45. The first-order valence-corrected chi connectivity index (χ1v) is 7.19. The number of rotatable bonds is 7. The van der Waals surface area contributed by atoms with Crippen LogP contribution in [0.5, 0.6) is 0 Å². The van der Waals surface area contributed by atoms with E-state index in [0.29, 0.717) is 24.9 Å². The fourth-order valence-corrected chi connectivity index (χ4v) is 2.03. The molecule has 4 heteroatoms. The van der Waals surface area contributed by atoms with E-state index in [1.807, 2.05) is 19.2 Å². The average Bonchev–Trinajstić information content (AvgIpc) is 2.40. The minimum atomic E-state index is 0.0711. The second-order valence-corrected chi connectivity index (χ2v) is 5.65. The molecular formula is C16H27N3O. The molecule has 0 bridgehead atoms. The van der Waals surface area contributed by atoms with Crippen LogP contribution in [-0.4, -0.2) is 30.9 Å². The first-order valence-electron chi connectivity index (χ1n) is 7.19. The Morgan fingerprint density at radius 1 is 1.35 bits per heavy atom. The minimum Gasteiger partial charge on any atom is -0.384 e. The third-order valence-corrected chi connectivity index (χ3v) is 3.76. The Bertz CT molecular complexity index is 431. The van der Waals surface area contributed by atoms with Crippen LogP contribution in [0.4, 0.5) is 5.69 Å². The number of benzene rings is 1. The summed E-state index contributed by atoms with van der Waals surface area (Å²) < 4.78 is 0. The van der Waals surface area contributed by atoms with Crippen LogP contribution in [0.25, 0.3) is 0 Å². The van der Waals surface area contributed by atoms with E-state index in [0.717, 1.165) is 17.8 Å². The van der Waals surface area contributed by atoms with Crippen molar-refractivity contribution in [2.45, 2.75) is 27.3 Å². The number of amides is 1. The molecule has 1 aromatic carbocycles. The van der Waals surface area contributed by atoms with Crippen LogP contribution in [0.15, 0.2) is 24.3 Å². The fraction of sp³-hybridized carbons (Fsp3) is 0.562. The highest BCUT2D eigenvalue weighted by Crippen LogP contribution is 2.18. The largest absolute Gasteiger partial charge is 0.384 e. The maximum Gasteiger partial charge on any atom is 0.219 e. The molecule has 1 unspecified atom stereocenters. The molecule has 1 aromatic rings. The molecule has 0 aromatic heterocycles. The lowest BCUT2D eigenvalue weighted by molar-refractivity contribution is -0.128. The summed E-state index contributed by atoms with van der Waals surface area (Å²) in [5.74, 6) is 1.08. The zero-order chi connectivity index (χ0) is 15.1. The van der Waals surface area contributed by atoms with Crippen molar-refractivity contribution in [3.63, 3.8) is 0 Å². The number of para-hydroxylation sites is 1. The van der Waals surface area contributed by atoms with Crippen molar-refractivity contribution in [1.29, 1.82) is 0 Å². The topological polar surface area (TPSA) is 58.4 Å². The number of nitrogens with zero attached hydrogens (tertiary/aromatic N) is 1. The third-order valence-electron chi connectivity index (χ3n) is 3.76. The zero-order valence-electron chi connectivity index (χ0n) is 13.0. The molecule has 112 valence electrons. The summed E-state index contributed by atoms with van der Waals surface area (Å²) in [4.78, 5) is 13.1. The summed E-state index contributed by atoms with van der Waals surface area (Å²) in [6.07, 6.45) is 0. The predicted octanol–water partition coefficient (Wildman–Crippen LogP) is 2.31. The molecular weight excluding hydrogens is 250 g/mol. The van der Waals surface area contributed by atoms with Crippen LogP contribution in [0, 0.1) is 11.8 Å². The summed E-state index contributed by atoms with van der Waals surface area (Å²) in [5.41, 5.74) is 8.02. The quantitative estimate of drug-likeness (QED) is 0.804. The van der Waals surface area contributed by atoms with Gasteiger partial charge in [0.2, 0.25) is 5.91 Å². The average molecular weight is 277 g/mol. The van der Waals surface area contributed by atoms with Gasteiger partial charge < -0.3 is 16.0 Å². The van der Waals surface area contributed by atoms with Crippen LogP contribution in [0.3, 0.4) is 0 Å². The zero-order valence-corrected chi connectivity index (χ0v) is 13.0. The fourth-order valence-electron chi connectivity index (χ4n) is 2.03. The molecule has 1 amide bonds. The first kappa shape index (κ1) is 16.5. The molecule has 0 aliphatic heterocycles. The Morgan fingerprint density at radius 2 is 2.00 bits per heavy atom. The molecule has 0 saturated heterocycles. The van der Waals surface area contributed by atoms with E-state index in [4.69, 9.17) is 5.73 Å². The van der Waals surface area contributed by atoms with Gasteiger partial charge in [-0.15, -0.1) is 0 Å². The van der Waals surface area contributed by atoms with Crippen LogP contribution in [0.2, 0.25) is 0 Å². The molecule has 0 heterocycles. The van der Waals surface area contributed by atoms with Gasteiger partial charge in [-0.25, -0.2) is 0 Å². The summed E-state index contributed by atoms with van der Waals surface area (Å²) >= 11 is 0. The normalized spacial score (nSPS) is 12.3. The molecule has 0 aliphatic rings. The van der Waals surface area contributed by atoms with Gasteiger partial charge in [-0.1, -0.05) is 32.0 Å². The van der Waals surface area contributed by atoms with Gasteiger partial charge in [0.1, 0.15) is 0 Å². The summed E-state index contributed by atoms with van der Waals surface area (Å²) in [6, 6.07) is 8.11. The van der Waals surface area contributed by atoms with Gasteiger partial charge in [0.25, 0.3) is 0 Å². The Labute approximate surface area is 122 Å². The van der Waals surface area contributed by atoms with E-state index in [1.54, 1.807) is 11.8 Å². The number of nitrogens with one attached hydrogen (secondary N) is 1. The van der Waals surface area contributed by atoms with Crippen molar-refractivity contribution in [1.82, 2.24) is 4.90 Å². The van der Waals surface area contributed by atoms with Gasteiger partial charge in [0.15, 0.2) is 0 Å². The third kappa shape index (κ3) is 4.85. The maximum absolute atomic E-state index is 11.4. The van der Waals surface area contributed by atoms with Gasteiger partial charge in [-0.2, -0.15) is 0 Å². The monoisotopic (exact) mass is 277 g/mol. The van der Waals surface area contributed by atoms with E-state index < -0.39 is 0 Å². The van der Waals surface area contributed by atoms with Gasteiger partial charge in [0, 0.05) is 32.7 Å².